The van der Waals surface area contributed by atoms with E-state index in [9.17, 15) is 18.0 Å². The van der Waals surface area contributed by atoms with Gasteiger partial charge in [-0.1, -0.05) is 19.9 Å². The molecule has 9 heteroatoms. The van der Waals surface area contributed by atoms with Crippen molar-refractivity contribution in [3.8, 4) is 0 Å². The highest BCUT2D eigenvalue weighted by atomic mass is 19.4. The van der Waals surface area contributed by atoms with Gasteiger partial charge in [0.15, 0.2) is 0 Å². The minimum Gasteiger partial charge on any atom is -0.475 e. The molecule has 0 bridgehead atoms. The molecule has 0 unspecified atom stereocenters. The molecular weight excluding hydrogens is 401 g/mol. The van der Waals surface area contributed by atoms with Gasteiger partial charge in [0.1, 0.15) is 0 Å². The molecule has 1 aromatic heterocycles. The molecule has 1 aromatic rings. The van der Waals surface area contributed by atoms with E-state index >= 15 is 0 Å². The number of carbonyl (C=O) groups is 2. The Morgan fingerprint density at radius 1 is 1.27 bits per heavy atom. The number of halogens is 3. The molecule has 1 aliphatic heterocycles. The van der Waals surface area contributed by atoms with Crippen molar-refractivity contribution in [1.29, 1.82) is 0 Å². The molecule has 2 heterocycles. The van der Waals surface area contributed by atoms with Crippen LogP contribution in [0.15, 0.2) is 24.4 Å². The Hall–Kier alpha value is -2.16. The Balaban J connectivity index is 0.000000396. The zero-order valence-corrected chi connectivity index (χ0v) is 17.3. The lowest BCUT2D eigenvalue weighted by atomic mass is 9.61. The quantitative estimate of drug-likeness (QED) is 0.771. The minimum absolute atomic E-state index is 0.213. The van der Waals surface area contributed by atoms with Crippen LogP contribution in [0, 0.1) is 11.3 Å². The molecule has 2 fully saturated rings. The third-order valence-corrected chi connectivity index (χ3v) is 5.46. The Morgan fingerprint density at radius 2 is 1.87 bits per heavy atom. The third kappa shape index (κ3) is 7.27. The molecule has 0 radical (unpaired) electrons. The number of ether oxygens (including phenoxy) is 1. The predicted molar refractivity (Wildman–Crippen MR) is 104 cm³/mol. The van der Waals surface area contributed by atoms with E-state index in [0.717, 1.165) is 38.2 Å². The van der Waals surface area contributed by atoms with E-state index in [4.69, 9.17) is 14.6 Å². The Kier molecular flexibility index (Phi) is 8.23. The monoisotopic (exact) mass is 430 g/mol. The lowest BCUT2D eigenvalue weighted by Crippen LogP contribution is -2.51. The minimum atomic E-state index is -5.08. The van der Waals surface area contributed by atoms with Gasteiger partial charge in [0, 0.05) is 31.6 Å². The SMILES string of the molecule is CC(C)COC1CC2(CCN(C(=O)Cc3ccccn3)CC2)C1.O=C(O)C(F)(F)F. The van der Waals surface area contributed by atoms with Gasteiger partial charge in [0.05, 0.1) is 12.5 Å². The first-order chi connectivity index (χ1) is 14.0. The fourth-order valence-corrected chi connectivity index (χ4v) is 3.76. The summed E-state index contributed by atoms with van der Waals surface area (Å²) in [5, 5.41) is 7.12. The molecule has 1 saturated carbocycles. The maximum Gasteiger partial charge on any atom is 0.490 e. The summed E-state index contributed by atoms with van der Waals surface area (Å²) in [6.45, 7) is 7.04. The van der Waals surface area contributed by atoms with Crippen LogP contribution >= 0.6 is 0 Å². The Labute approximate surface area is 174 Å². The molecule has 1 amide bonds. The van der Waals surface area contributed by atoms with Gasteiger partial charge < -0.3 is 14.7 Å². The van der Waals surface area contributed by atoms with Gasteiger partial charge in [-0.3, -0.25) is 9.78 Å². The first-order valence-electron chi connectivity index (χ1n) is 10.1. The van der Waals surface area contributed by atoms with Gasteiger partial charge in [-0.05, 0) is 49.1 Å². The van der Waals surface area contributed by atoms with E-state index in [2.05, 4.69) is 18.8 Å². The van der Waals surface area contributed by atoms with Crippen LogP contribution in [0.2, 0.25) is 0 Å². The zero-order valence-electron chi connectivity index (χ0n) is 17.3. The molecule has 1 spiro atoms. The second-order valence-electron chi connectivity index (χ2n) is 8.44. The van der Waals surface area contributed by atoms with Crippen molar-refractivity contribution in [3.63, 3.8) is 0 Å². The molecule has 0 atom stereocenters. The number of piperidine rings is 1. The second kappa shape index (κ2) is 10.2. The number of hydrogen-bond donors (Lipinski definition) is 1. The summed E-state index contributed by atoms with van der Waals surface area (Å²) in [6.07, 6.45) is 2.16. The molecule has 1 N–H and O–H groups in total. The summed E-state index contributed by atoms with van der Waals surface area (Å²) in [7, 11) is 0. The number of carboxylic acids is 1. The van der Waals surface area contributed by atoms with Gasteiger partial charge in [0.25, 0.3) is 0 Å². The number of nitrogens with zero attached hydrogens (tertiary/aromatic N) is 2. The van der Waals surface area contributed by atoms with Gasteiger partial charge in [0.2, 0.25) is 5.91 Å². The van der Waals surface area contributed by atoms with Crippen molar-refractivity contribution < 1.29 is 32.6 Å². The van der Waals surface area contributed by atoms with Crippen LogP contribution in [0.5, 0.6) is 0 Å². The molecular formula is C21H29F3N2O4. The van der Waals surface area contributed by atoms with Crippen LogP contribution in [0.25, 0.3) is 0 Å². The number of aromatic nitrogens is 1. The average Bonchev–Trinajstić information content (AvgIpc) is 2.65. The summed E-state index contributed by atoms with van der Waals surface area (Å²) in [5.41, 5.74) is 1.31. The molecule has 3 rings (SSSR count). The van der Waals surface area contributed by atoms with E-state index in [1.807, 2.05) is 23.1 Å². The lowest BCUT2D eigenvalue weighted by molar-refractivity contribution is -0.192. The maximum absolute atomic E-state index is 12.4. The van der Waals surface area contributed by atoms with Crippen LogP contribution in [0.4, 0.5) is 13.2 Å². The molecule has 30 heavy (non-hydrogen) atoms. The highest BCUT2D eigenvalue weighted by molar-refractivity contribution is 5.78. The first kappa shape index (κ1) is 24.1. The lowest BCUT2D eigenvalue weighted by Gasteiger charge is -2.52. The number of likely N-dealkylation sites (tertiary alicyclic amines) is 1. The van der Waals surface area contributed by atoms with E-state index < -0.39 is 12.1 Å². The van der Waals surface area contributed by atoms with E-state index in [1.165, 1.54) is 12.8 Å². The molecule has 6 nitrogen and oxygen atoms in total. The maximum atomic E-state index is 12.4. The van der Waals surface area contributed by atoms with Crippen molar-refractivity contribution in [2.45, 2.75) is 58.2 Å². The van der Waals surface area contributed by atoms with Crippen LogP contribution in [-0.4, -0.2) is 58.8 Å². The molecule has 1 aliphatic carbocycles. The number of alkyl halides is 3. The topological polar surface area (TPSA) is 79.7 Å². The summed E-state index contributed by atoms with van der Waals surface area (Å²) >= 11 is 0. The second-order valence-corrected chi connectivity index (χ2v) is 8.44. The van der Waals surface area contributed by atoms with Crippen molar-refractivity contribution >= 4 is 11.9 Å². The van der Waals surface area contributed by atoms with Crippen molar-refractivity contribution in [1.82, 2.24) is 9.88 Å². The molecule has 1 saturated heterocycles. The van der Waals surface area contributed by atoms with Crippen LogP contribution < -0.4 is 0 Å². The number of amides is 1. The highest BCUT2D eigenvalue weighted by Crippen LogP contribution is 2.50. The Morgan fingerprint density at radius 3 is 2.33 bits per heavy atom. The van der Waals surface area contributed by atoms with Gasteiger partial charge >= 0.3 is 12.1 Å². The molecule has 168 valence electrons. The van der Waals surface area contributed by atoms with E-state index in [-0.39, 0.29) is 5.91 Å². The Bertz CT molecular complexity index is 694. The van der Waals surface area contributed by atoms with Crippen LogP contribution in [0.1, 0.15) is 45.2 Å². The fourth-order valence-electron chi connectivity index (χ4n) is 3.76. The highest BCUT2D eigenvalue weighted by Gasteiger charge is 2.46. The van der Waals surface area contributed by atoms with Gasteiger partial charge in [-0.2, -0.15) is 13.2 Å². The van der Waals surface area contributed by atoms with Crippen molar-refractivity contribution in [2.24, 2.45) is 11.3 Å². The summed E-state index contributed by atoms with van der Waals surface area (Å²) < 4.78 is 37.7. The third-order valence-electron chi connectivity index (χ3n) is 5.46. The van der Waals surface area contributed by atoms with Gasteiger partial charge in [-0.25, -0.2) is 4.79 Å². The zero-order chi connectivity index (χ0) is 22.4. The standard InChI is InChI=1S/C19H28N2O2.C2HF3O2/c1-15(2)14-23-17-12-19(13-17)6-9-21(10-7-19)18(22)11-16-5-3-4-8-20-16;3-2(4,5)1(6)7/h3-5,8,15,17H,6-7,9-14H2,1-2H3;(H,6,7). The molecule has 2 aliphatic rings. The number of carbonyl (C=O) groups excluding carboxylic acids is 1. The average molecular weight is 430 g/mol. The van der Waals surface area contributed by atoms with E-state index in [0.29, 0.717) is 23.9 Å². The first-order valence-corrected chi connectivity index (χ1v) is 10.1. The van der Waals surface area contributed by atoms with Gasteiger partial charge in [-0.15, -0.1) is 0 Å². The van der Waals surface area contributed by atoms with Crippen LogP contribution in [0.3, 0.4) is 0 Å². The normalized spacial score (nSPS) is 18.5. The number of aliphatic carboxylic acids is 1. The number of carboxylic acid groups (broad SMARTS) is 1. The summed E-state index contributed by atoms with van der Waals surface area (Å²) in [6, 6.07) is 5.74. The number of hydrogen-bond acceptors (Lipinski definition) is 4. The predicted octanol–water partition coefficient (Wildman–Crippen LogP) is 3.70. The van der Waals surface area contributed by atoms with Crippen molar-refractivity contribution in [2.75, 3.05) is 19.7 Å². The van der Waals surface area contributed by atoms with Crippen molar-refractivity contribution in [3.05, 3.63) is 30.1 Å². The molecule has 0 aromatic carbocycles. The summed E-state index contributed by atoms with van der Waals surface area (Å²) in [4.78, 5) is 27.5. The fraction of sp³-hybridized carbons (Fsp3) is 0.667. The smallest absolute Gasteiger partial charge is 0.475 e. The number of rotatable bonds is 5. The van der Waals surface area contributed by atoms with Crippen LogP contribution in [-0.2, 0) is 20.7 Å². The largest absolute Gasteiger partial charge is 0.490 e. The summed E-state index contributed by atoms with van der Waals surface area (Å²) in [5.74, 6) is -1.93. The van der Waals surface area contributed by atoms with E-state index in [1.54, 1.807) is 6.20 Å². The number of pyridine rings is 1.